The van der Waals surface area contributed by atoms with E-state index in [1.54, 1.807) is 29.8 Å². The molecule has 0 saturated heterocycles. The van der Waals surface area contributed by atoms with Crippen molar-refractivity contribution in [3.8, 4) is 5.75 Å². The Labute approximate surface area is 213 Å². The number of hydrogen-bond donors (Lipinski definition) is 1. The molecule has 0 unspecified atom stereocenters. The zero-order valence-electron chi connectivity index (χ0n) is 19.6. The number of carbonyl (C=O) groups excluding carboxylic acids is 1. The van der Waals surface area contributed by atoms with E-state index in [1.165, 1.54) is 0 Å². The predicted octanol–water partition coefficient (Wildman–Crippen LogP) is 5.99. The number of benzene rings is 2. The summed E-state index contributed by atoms with van der Waals surface area (Å²) in [6.07, 6.45) is 3.57. The third-order valence-corrected chi connectivity index (χ3v) is 5.78. The second-order valence-electron chi connectivity index (χ2n) is 7.62. The fraction of sp³-hybridized carbons (Fsp3) is 0.231. The number of amides is 1. The van der Waals surface area contributed by atoms with Crippen molar-refractivity contribution in [1.29, 1.82) is 0 Å². The lowest BCUT2D eigenvalue weighted by molar-refractivity contribution is -0.115. The van der Waals surface area contributed by atoms with Gasteiger partial charge in [0.05, 0.1) is 30.7 Å². The molecule has 1 heterocycles. The first-order valence-electron chi connectivity index (χ1n) is 10.6. The first-order chi connectivity index (χ1) is 16.4. The van der Waals surface area contributed by atoms with Gasteiger partial charge in [-0.15, -0.1) is 0 Å². The summed E-state index contributed by atoms with van der Waals surface area (Å²) in [6, 6.07) is 13.8. The summed E-state index contributed by atoms with van der Waals surface area (Å²) in [5.41, 5.74) is 5.35. The Hall–Kier alpha value is -2.87. The number of ether oxygens (including phenoxy) is 2. The summed E-state index contributed by atoms with van der Waals surface area (Å²) in [5, 5.41) is 2.95. The van der Waals surface area contributed by atoms with Crippen LogP contribution in [0.5, 0.6) is 5.75 Å². The average molecular weight is 545 g/mol. The van der Waals surface area contributed by atoms with Crippen LogP contribution in [-0.2, 0) is 22.9 Å². The van der Waals surface area contributed by atoms with Crippen molar-refractivity contribution in [3.63, 3.8) is 0 Å². The van der Waals surface area contributed by atoms with Crippen molar-refractivity contribution in [3.05, 3.63) is 86.4 Å². The second kappa shape index (κ2) is 12.0. The van der Waals surface area contributed by atoms with Gasteiger partial charge in [-0.25, -0.2) is 4.98 Å². The van der Waals surface area contributed by atoms with Crippen LogP contribution in [0.4, 0.5) is 0 Å². The van der Waals surface area contributed by atoms with E-state index in [0.717, 1.165) is 28.0 Å². The van der Waals surface area contributed by atoms with Crippen LogP contribution < -0.4 is 10.1 Å². The molecule has 1 N–H and O–H groups in total. The fourth-order valence-electron chi connectivity index (χ4n) is 3.78. The number of aromatic nitrogens is 2. The van der Waals surface area contributed by atoms with Crippen molar-refractivity contribution in [1.82, 2.24) is 14.9 Å². The van der Waals surface area contributed by atoms with Crippen molar-refractivity contribution in [2.24, 2.45) is 0 Å². The first-order valence-corrected chi connectivity index (χ1v) is 11.9. The maximum absolute atomic E-state index is 13.1. The summed E-state index contributed by atoms with van der Waals surface area (Å²) >= 11 is 9.80. The van der Waals surface area contributed by atoms with E-state index in [-0.39, 0.29) is 17.9 Å². The van der Waals surface area contributed by atoms with Crippen LogP contribution in [0, 0.1) is 13.8 Å². The molecule has 1 amide bonds. The monoisotopic (exact) mass is 543 g/mol. The maximum atomic E-state index is 13.1. The summed E-state index contributed by atoms with van der Waals surface area (Å²) in [7, 11) is 3.24. The van der Waals surface area contributed by atoms with Crippen molar-refractivity contribution >= 4 is 51.2 Å². The van der Waals surface area contributed by atoms with Gasteiger partial charge < -0.3 is 14.8 Å². The van der Waals surface area contributed by atoms with Gasteiger partial charge in [-0.1, -0.05) is 46.3 Å². The van der Waals surface area contributed by atoms with Crippen LogP contribution in [0.15, 0.2) is 47.4 Å². The van der Waals surface area contributed by atoms with Crippen LogP contribution in [0.2, 0.25) is 5.28 Å². The zero-order valence-corrected chi connectivity index (χ0v) is 21.9. The van der Waals surface area contributed by atoms with Gasteiger partial charge in [-0.3, -0.25) is 9.36 Å². The number of nitrogens with zero attached hydrogens (tertiary/aromatic N) is 2. The highest BCUT2D eigenvalue weighted by Gasteiger charge is 2.23. The molecule has 3 rings (SSSR count). The number of likely N-dealkylation sites (N-methyl/N-ethyl adjacent to an activating group) is 1. The number of halogens is 2. The highest BCUT2D eigenvalue weighted by atomic mass is 79.9. The minimum Gasteiger partial charge on any atom is -0.496 e. The van der Waals surface area contributed by atoms with E-state index in [0.29, 0.717) is 23.6 Å². The molecule has 6 nitrogen and oxygen atoms in total. The van der Waals surface area contributed by atoms with E-state index in [1.807, 2.05) is 62.4 Å². The molecule has 178 valence electrons. The number of rotatable bonds is 9. The van der Waals surface area contributed by atoms with Gasteiger partial charge in [0.15, 0.2) is 0 Å². The smallest absolute Gasteiger partial charge is 0.253 e. The summed E-state index contributed by atoms with van der Waals surface area (Å²) in [5.74, 6) is 0.556. The van der Waals surface area contributed by atoms with Gasteiger partial charge in [0.25, 0.3) is 5.91 Å². The van der Waals surface area contributed by atoms with Crippen LogP contribution in [0.1, 0.15) is 33.6 Å². The van der Waals surface area contributed by atoms with Crippen molar-refractivity contribution in [2.75, 3.05) is 14.2 Å². The Balaban J connectivity index is 2.08. The van der Waals surface area contributed by atoms with E-state index < -0.39 is 0 Å². The third kappa shape index (κ3) is 5.97. The van der Waals surface area contributed by atoms with E-state index in [9.17, 15) is 4.79 Å². The van der Waals surface area contributed by atoms with Gasteiger partial charge in [-0.05, 0) is 77.0 Å². The normalized spacial score (nSPS) is 11.8. The number of nitrogens with one attached hydrogen (secondary N) is 1. The Morgan fingerprint density at radius 1 is 1.21 bits per heavy atom. The first kappa shape index (κ1) is 25.7. The topological polar surface area (TPSA) is 65.4 Å². The number of carbonyl (C=O) groups is 1. The van der Waals surface area contributed by atoms with Crippen molar-refractivity contribution < 1.29 is 14.3 Å². The molecule has 0 bridgehead atoms. The summed E-state index contributed by atoms with van der Waals surface area (Å²) in [6.45, 7) is 4.47. The Morgan fingerprint density at radius 3 is 2.47 bits per heavy atom. The van der Waals surface area contributed by atoms with Crippen LogP contribution >= 0.6 is 27.5 Å². The maximum Gasteiger partial charge on any atom is 0.253 e. The van der Waals surface area contributed by atoms with Gasteiger partial charge >= 0.3 is 0 Å². The molecule has 0 radical (unpaired) electrons. The molecule has 0 fully saturated rings. The lowest BCUT2D eigenvalue weighted by Gasteiger charge is -2.14. The lowest BCUT2D eigenvalue weighted by Crippen LogP contribution is -2.21. The Kier molecular flexibility index (Phi) is 9.10. The largest absolute Gasteiger partial charge is 0.496 e. The van der Waals surface area contributed by atoms with Crippen LogP contribution in [0.3, 0.4) is 0 Å². The minimum atomic E-state index is -0.267. The molecule has 0 spiro atoms. The molecule has 0 aliphatic carbocycles. The predicted molar refractivity (Wildman–Crippen MR) is 141 cm³/mol. The van der Waals surface area contributed by atoms with Gasteiger partial charge in [-0.2, -0.15) is 0 Å². The highest BCUT2D eigenvalue weighted by Crippen LogP contribution is 2.30. The third-order valence-electron chi connectivity index (χ3n) is 5.23. The quantitative estimate of drug-likeness (QED) is 0.336. The number of hydrogen-bond acceptors (Lipinski definition) is 4. The molecule has 1 aromatic heterocycles. The molecule has 3 aromatic rings. The molecule has 2 aromatic carbocycles. The number of aryl methyl sites for hydroxylation is 2. The molecule has 0 atom stereocenters. The fourth-order valence-corrected chi connectivity index (χ4v) is 4.26. The second-order valence-corrected chi connectivity index (χ2v) is 8.49. The van der Waals surface area contributed by atoms with E-state index in [2.05, 4.69) is 26.2 Å². The molecule has 0 saturated carbocycles. The minimum absolute atomic E-state index is 0.126. The average Bonchev–Trinajstić information content (AvgIpc) is 3.12. The Morgan fingerprint density at radius 2 is 1.88 bits per heavy atom. The molecule has 8 heteroatoms. The Bertz CT molecular complexity index is 1200. The molecule has 0 aliphatic heterocycles. The summed E-state index contributed by atoms with van der Waals surface area (Å²) < 4.78 is 13.1. The van der Waals surface area contributed by atoms with Gasteiger partial charge in [0, 0.05) is 7.05 Å². The molecular weight excluding hydrogens is 518 g/mol. The standard InChI is InChI=1S/C26H27BrClN3O3/c1-17-12-20(13-18(2)24(17)33-4)14-21(25(32)29-3)23-22(10-11-27)30-26(28)31(23)16-34-15-19-8-6-5-7-9-19/h5-14H,15-16H2,1-4H3,(H,29,32)/b11-10-,21-14+. The lowest BCUT2D eigenvalue weighted by atomic mass is 10.0. The SMILES string of the molecule is CNC(=O)/C(=C/c1cc(C)c(OC)c(C)c1)c1c(/C=C\Br)nc(Cl)n1COCc1ccccc1. The number of imidazole rings is 1. The molecule has 0 aliphatic rings. The van der Waals surface area contributed by atoms with Crippen LogP contribution in [0.25, 0.3) is 17.7 Å². The molecule has 34 heavy (non-hydrogen) atoms. The highest BCUT2D eigenvalue weighted by molar-refractivity contribution is 9.11. The zero-order chi connectivity index (χ0) is 24.7. The van der Waals surface area contributed by atoms with E-state index >= 15 is 0 Å². The van der Waals surface area contributed by atoms with Gasteiger partial charge in [0.2, 0.25) is 5.28 Å². The van der Waals surface area contributed by atoms with Crippen molar-refractivity contribution in [2.45, 2.75) is 27.2 Å². The number of methoxy groups -OCH3 is 1. The summed E-state index contributed by atoms with van der Waals surface area (Å²) in [4.78, 5) is 19.2. The van der Waals surface area contributed by atoms with E-state index in [4.69, 9.17) is 21.1 Å². The van der Waals surface area contributed by atoms with Gasteiger partial charge in [0.1, 0.15) is 12.5 Å². The molecular formula is C26H27BrClN3O3. The van der Waals surface area contributed by atoms with Crippen LogP contribution in [-0.4, -0.2) is 29.6 Å².